The van der Waals surface area contributed by atoms with E-state index in [1.54, 1.807) is 6.08 Å². The molecule has 3 aromatic heterocycles. The molecule has 46 heavy (non-hydrogen) atoms. The Balaban J connectivity index is 1.46. The molecule has 0 unspecified atom stereocenters. The fourth-order valence-corrected chi connectivity index (χ4v) is 8.36. The van der Waals surface area contributed by atoms with E-state index >= 15 is 0 Å². The number of hydrogen-bond donors (Lipinski definition) is 0. The van der Waals surface area contributed by atoms with Crippen LogP contribution in [0, 0.1) is 11.2 Å². The number of alkyl halides is 6. The first kappa shape index (κ1) is 32.0. The molecule has 4 aromatic rings. The van der Waals surface area contributed by atoms with E-state index in [2.05, 4.69) is 20.4 Å². The van der Waals surface area contributed by atoms with E-state index in [0.29, 0.717) is 28.7 Å². The highest BCUT2D eigenvalue weighted by molar-refractivity contribution is 7.89. The number of Topliss-reactive ketones (excluding diaryl/α,β-unsaturated/α-hetero) is 1. The molecule has 0 aliphatic heterocycles. The van der Waals surface area contributed by atoms with Gasteiger partial charge < -0.3 is 0 Å². The number of hydrogen-bond acceptors (Lipinski definition) is 8. The van der Waals surface area contributed by atoms with Crippen molar-refractivity contribution in [3.63, 3.8) is 0 Å². The third-order valence-corrected chi connectivity index (χ3v) is 10.8. The molecule has 2 atom stereocenters. The quantitative estimate of drug-likeness (QED) is 0.193. The van der Waals surface area contributed by atoms with E-state index in [1.807, 2.05) is 0 Å². The number of carbonyl (C=O) groups excluding carboxylic acids is 1. The van der Waals surface area contributed by atoms with Gasteiger partial charge in [-0.15, -0.1) is 16.4 Å². The minimum atomic E-state index is -4.99. The number of aromatic nitrogens is 6. The maximum Gasteiger partial charge on any atom is 0.427 e. The smallest absolute Gasteiger partial charge is 0.290 e. The molecule has 10 nitrogen and oxygen atoms in total. The van der Waals surface area contributed by atoms with Crippen molar-refractivity contribution in [1.29, 1.82) is 0 Å². The van der Waals surface area contributed by atoms with Crippen molar-refractivity contribution in [2.75, 3.05) is 6.54 Å². The Hall–Kier alpha value is -3.97. The number of carbonyl (C=O) groups is 1. The highest BCUT2D eigenvalue weighted by atomic mass is 32.2. The lowest BCUT2D eigenvalue weighted by atomic mass is 9.61. The lowest BCUT2D eigenvalue weighted by molar-refractivity contribution is -0.140. The average molecular weight is 690 g/mol. The molecule has 244 valence electrons. The largest absolute Gasteiger partial charge is 0.427 e. The van der Waals surface area contributed by atoms with Crippen LogP contribution in [0.25, 0.3) is 11.8 Å². The first-order chi connectivity index (χ1) is 21.5. The van der Waals surface area contributed by atoms with Crippen LogP contribution in [0.1, 0.15) is 45.2 Å². The molecule has 2 aliphatic rings. The van der Waals surface area contributed by atoms with Crippen LogP contribution in [0.2, 0.25) is 0 Å². The fraction of sp³-hybridized carbons (Fsp3) is 0.370. The molecule has 1 saturated carbocycles. The molecule has 3 heterocycles. The van der Waals surface area contributed by atoms with Crippen molar-refractivity contribution in [1.82, 2.24) is 34.1 Å². The fourth-order valence-electron chi connectivity index (χ4n) is 5.98. The number of nitrogens with zero attached hydrogens (tertiary/aromatic N) is 7. The van der Waals surface area contributed by atoms with Crippen LogP contribution >= 0.6 is 11.3 Å². The first-order valence-electron chi connectivity index (χ1n) is 13.5. The maximum atomic E-state index is 14.3. The molecule has 0 amide bonds. The maximum absolute atomic E-state index is 14.3. The van der Waals surface area contributed by atoms with Crippen molar-refractivity contribution in [2.45, 2.75) is 49.1 Å². The van der Waals surface area contributed by atoms with Gasteiger partial charge in [-0.1, -0.05) is 10.8 Å². The Kier molecular flexibility index (Phi) is 7.71. The standard InChI is InChI=1S/C27H22F7N7O3S2/c1-39-13-22(37-38-39)46(43,44)40(14-26(29,30)31)19-5-2-16-8-20-15(11-36-41(20)18-6-3-17(28)4-7-18)9-25(16,10-19)23(42)24-35-12-21(45-24)27(32,33)34/h3-4,6-8,11-13,19H,2,5,9-10,14H2,1H3/t19-,25-/m0/s1. The van der Waals surface area contributed by atoms with Gasteiger partial charge in [0, 0.05) is 13.1 Å². The molecule has 2 aliphatic carbocycles. The summed E-state index contributed by atoms with van der Waals surface area (Å²) in [6.07, 6.45) is -6.28. The predicted octanol–water partition coefficient (Wildman–Crippen LogP) is 5.23. The Morgan fingerprint density at radius 2 is 1.85 bits per heavy atom. The zero-order chi connectivity index (χ0) is 33.2. The zero-order valence-corrected chi connectivity index (χ0v) is 25.2. The van der Waals surface area contributed by atoms with Crippen molar-refractivity contribution in [3.8, 4) is 5.69 Å². The van der Waals surface area contributed by atoms with Gasteiger partial charge in [0.2, 0.25) is 10.8 Å². The summed E-state index contributed by atoms with van der Waals surface area (Å²) < 4.78 is 125. The van der Waals surface area contributed by atoms with E-state index in [1.165, 1.54) is 42.2 Å². The van der Waals surface area contributed by atoms with Crippen LogP contribution in [0.4, 0.5) is 30.7 Å². The summed E-state index contributed by atoms with van der Waals surface area (Å²) >= 11 is 0.0995. The van der Waals surface area contributed by atoms with E-state index in [0.717, 1.165) is 10.9 Å². The second-order valence-electron chi connectivity index (χ2n) is 11.0. The lowest BCUT2D eigenvalue weighted by Gasteiger charge is -2.46. The highest BCUT2D eigenvalue weighted by Crippen LogP contribution is 2.52. The van der Waals surface area contributed by atoms with Gasteiger partial charge in [0.1, 0.15) is 17.2 Å². The van der Waals surface area contributed by atoms with Gasteiger partial charge in [-0.05, 0) is 61.6 Å². The Bertz CT molecular complexity index is 1950. The monoisotopic (exact) mass is 689 g/mol. The van der Waals surface area contributed by atoms with Gasteiger partial charge >= 0.3 is 12.4 Å². The van der Waals surface area contributed by atoms with E-state index in [-0.39, 0.29) is 34.9 Å². The van der Waals surface area contributed by atoms with Crippen LogP contribution in [-0.4, -0.2) is 67.0 Å². The van der Waals surface area contributed by atoms with Crippen molar-refractivity contribution >= 4 is 33.2 Å². The Labute approximate surface area is 260 Å². The Morgan fingerprint density at radius 3 is 2.46 bits per heavy atom. The lowest BCUT2D eigenvalue weighted by Crippen LogP contribution is -2.52. The second-order valence-corrected chi connectivity index (χ2v) is 13.9. The molecule has 1 fully saturated rings. The van der Waals surface area contributed by atoms with Crippen molar-refractivity contribution < 1.29 is 43.9 Å². The summed E-state index contributed by atoms with van der Waals surface area (Å²) in [5, 5.41) is 10.1. The molecule has 1 aromatic carbocycles. The van der Waals surface area contributed by atoms with Gasteiger partial charge in [-0.25, -0.2) is 22.5 Å². The number of rotatable bonds is 7. The molecule has 0 saturated heterocycles. The molecule has 6 rings (SSSR count). The third-order valence-electron chi connectivity index (χ3n) is 8.02. The van der Waals surface area contributed by atoms with Crippen LogP contribution in [0.5, 0.6) is 0 Å². The predicted molar refractivity (Wildman–Crippen MR) is 148 cm³/mol. The van der Waals surface area contributed by atoms with Gasteiger partial charge in [0.15, 0.2) is 5.01 Å². The number of sulfonamides is 1. The summed E-state index contributed by atoms with van der Waals surface area (Å²) in [5.41, 5.74) is -0.00709. The van der Waals surface area contributed by atoms with Crippen molar-refractivity contribution in [2.24, 2.45) is 12.5 Å². The van der Waals surface area contributed by atoms with E-state index in [9.17, 15) is 43.9 Å². The number of fused-ring (bicyclic) bond motifs is 2. The number of thiazole rings is 1. The van der Waals surface area contributed by atoms with E-state index in [4.69, 9.17) is 0 Å². The molecular formula is C27H22F7N7O3S2. The number of halogens is 7. The van der Waals surface area contributed by atoms with Crippen LogP contribution < -0.4 is 0 Å². The summed E-state index contributed by atoms with van der Waals surface area (Å²) in [6, 6.07) is 3.94. The van der Waals surface area contributed by atoms with Gasteiger partial charge in [-0.2, -0.15) is 35.7 Å². The van der Waals surface area contributed by atoms with Gasteiger partial charge in [0.05, 0.1) is 35.4 Å². The second kappa shape index (κ2) is 11.1. The molecule has 0 bridgehead atoms. The topological polar surface area (TPSA) is 116 Å². The molecular weight excluding hydrogens is 667 g/mol. The minimum absolute atomic E-state index is 0.0771. The van der Waals surface area contributed by atoms with Crippen LogP contribution in [0.3, 0.4) is 0 Å². The summed E-state index contributed by atoms with van der Waals surface area (Å²) in [6.45, 7) is -1.90. The van der Waals surface area contributed by atoms with E-state index < -0.39 is 73.3 Å². The molecule has 0 spiro atoms. The summed E-state index contributed by atoms with van der Waals surface area (Å²) in [7, 11) is -3.57. The number of allylic oxidation sites excluding steroid dienone is 1. The molecule has 0 N–H and O–H groups in total. The van der Waals surface area contributed by atoms with Gasteiger partial charge in [-0.3, -0.25) is 9.48 Å². The number of ketones is 1. The normalized spacial score (nSPS) is 20.4. The first-order valence-corrected chi connectivity index (χ1v) is 15.8. The van der Waals surface area contributed by atoms with Crippen LogP contribution in [0.15, 0.2) is 53.5 Å². The molecule has 19 heteroatoms. The van der Waals surface area contributed by atoms with Gasteiger partial charge in [0.25, 0.3) is 10.0 Å². The highest BCUT2D eigenvalue weighted by Gasteiger charge is 2.54. The third kappa shape index (κ3) is 5.74. The minimum Gasteiger partial charge on any atom is -0.290 e. The van der Waals surface area contributed by atoms with Crippen LogP contribution in [-0.2, 0) is 29.7 Å². The van der Waals surface area contributed by atoms with Crippen molar-refractivity contribution in [3.05, 3.63) is 75.4 Å². The number of aryl methyl sites for hydroxylation is 1. The molecule has 0 radical (unpaired) electrons. The summed E-state index contributed by atoms with van der Waals surface area (Å²) in [4.78, 5) is 16.8. The zero-order valence-electron chi connectivity index (χ0n) is 23.5. The Morgan fingerprint density at radius 1 is 1.13 bits per heavy atom. The number of benzene rings is 1. The summed E-state index contributed by atoms with van der Waals surface area (Å²) in [5.74, 6) is -1.37. The SMILES string of the molecule is Cn1cc(S(=O)(=O)N(CC(F)(F)F)[C@H]2CCC3=Cc4c(cnn4-c4ccc(F)cc4)C[C@]3(C(=O)c3ncc(C(F)(F)F)s3)C2)nn1. The average Bonchev–Trinajstić information content (AvgIpc) is 3.74.